The molecule has 2 unspecified atom stereocenters. The Morgan fingerprint density at radius 3 is 2.46 bits per heavy atom. The summed E-state index contributed by atoms with van der Waals surface area (Å²) in [5.74, 6) is 2.37. The van der Waals surface area contributed by atoms with Crippen LogP contribution in [0, 0.1) is 28.6 Å². The first-order chi connectivity index (χ1) is 12.9. The highest BCUT2D eigenvalue weighted by molar-refractivity contribution is 6.74. The molecule has 3 heteroatoms. The molecule has 0 radical (unpaired) electrons. The number of allylic oxidation sites excluding steroid dienone is 2. The third kappa shape index (κ3) is 3.10. The molecule has 7 atom stereocenters. The predicted octanol–water partition coefficient (Wildman–Crippen LogP) is 6.70. The zero-order valence-electron chi connectivity index (χ0n) is 19.5. The molecule has 3 saturated carbocycles. The summed E-state index contributed by atoms with van der Waals surface area (Å²) in [4.78, 5) is 0. The van der Waals surface area contributed by atoms with Crippen LogP contribution in [0.5, 0.6) is 0 Å². The maximum absolute atomic E-state index is 10.4. The maximum Gasteiger partial charge on any atom is 0.192 e. The van der Waals surface area contributed by atoms with E-state index >= 15 is 0 Å². The van der Waals surface area contributed by atoms with Crippen LogP contribution < -0.4 is 0 Å². The number of aliphatic hydroxyl groups excluding tert-OH is 1. The van der Waals surface area contributed by atoms with Crippen LogP contribution in [0.15, 0.2) is 11.6 Å². The monoisotopic (exact) mass is 404 g/mol. The van der Waals surface area contributed by atoms with Crippen LogP contribution in [0.1, 0.15) is 86.0 Å². The molecule has 1 N–H and O–H groups in total. The van der Waals surface area contributed by atoms with E-state index in [9.17, 15) is 5.11 Å². The normalized spacial score (nSPS) is 46.4. The minimum absolute atomic E-state index is 0.0903. The van der Waals surface area contributed by atoms with Gasteiger partial charge in [0.1, 0.15) is 0 Å². The summed E-state index contributed by atoms with van der Waals surface area (Å²) in [5.41, 5.74) is 2.28. The van der Waals surface area contributed by atoms with Gasteiger partial charge in [0.2, 0.25) is 0 Å². The Hall–Kier alpha value is -0.123. The second-order valence-corrected chi connectivity index (χ2v) is 17.4. The Bertz CT molecular complexity index is 647. The first kappa shape index (κ1) is 21.1. The van der Waals surface area contributed by atoms with Gasteiger partial charge in [-0.2, -0.15) is 0 Å². The minimum atomic E-state index is -1.73. The van der Waals surface area contributed by atoms with Crippen molar-refractivity contribution in [2.45, 2.75) is 116 Å². The molecule has 0 amide bonds. The molecule has 4 aliphatic carbocycles. The third-order valence-corrected chi connectivity index (χ3v) is 14.7. The topological polar surface area (TPSA) is 29.5 Å². The molecule has 0 aliphatic heterocycles. The highest BCUT2D eigenvalue weighted by atomic mass is 28.4. The molecule has 28 heavy (non-hydrogen) atoms. The second kappa shape index (κ2) is 6.69. The molecule has 2 nitrogen and oxygen atoms in total. The average Bonchev–Trinajstić information content (AvgIpc) is 2.89. The van der Waals surface area contributed by atoms with Gasteiger partial charge in [0.05, 0.1) is 12.2 Å². The fourth-order valence-corrected chi connectivity index (χ4v) is 8.87. The summed E-state index contributed by atoms with van der Waals surface area (Å²) in [5, 5.41) is 10.7. The minimum Gasteiger partial charge on any atom is -0.413 e. The van der Waals surface area contributed by atoms with Gasteiger partial charge in [0.15, 0.2) is 8.32 Å². The van der Waals surface area contributed by atoms with Gasteiger partial charge < -0.3 is 9.53 Å². The molecule has 4 rings (SSSR count). The fraction of sp³-hybridized carbons (Fsp3) is 0.920. The maximum atomic E-state index is 10.4. The summed E-state index contributed by atoms with van der Waals surface area (Å²) >= 11 is 0. The van der Waals surface area contributed by atoms with E-state index in [1.54, 1.807) is 5.57 Å². The van der Waals surface area contributed by atoms with Crippen LogP contribution in [0.2, 0.25) is 18.1 Å². The predicted molar refractivity (Wildman–Crippen MR) is 120 cm³/mol. The average molecular weight is 405 g/mol. The second-order valence-electron chi connectivity index (χ2n) is 12.6. The lowest BCUT2D eigenvalue weighted by Gasteiger charge is -2.58. The Kier molecular flexibility index (Phi) is 5.04. The zero-order valence-corrected chi connectivity index (χ0v) is 20.5. The van der Waals surface area contributed by atoms with Crippen molar-refractivity contribution in [2.75, 3.05) is 0 Å². The highest BCUT2D eigenvalue weighted by Crippen LogP contribution is 2.65. The quantitative estimate of drug-likeness (QED) is 0.410. The number of rotatable bonds is 2. The Labute approximate surface area is 174 Å². The van der Waals surface area contributed by atoms with Crippen LogP contribution >= 0.6 is 0 Å². The van der Waals surface area contributed by atoms with E-state index in [0.29, 0.717) is 11.5 Å². The smallest absolute Gasteiger partial charge is 0.192 e. The van der Waals surface area contributed by atoms with Gasteiger partial charge in [-0.3, -0.25) is 0 Å². The molecule has 0 aromatic heterocycles. The van der Waals surface area contributed by atoms with Crippen molar-refractivity contribution in [3.8, 4) is 0 Å². The highest BCUT2D eigenvalue weighted by Gasteiger charge is 2.60. The van der Waals surface area contributed by atoms with E-state index in [1.807, 2.05) is 0 Å². The van der Waals surface area contributed by atoms with Gasteiger partial charge in [0, 0.05) is 0 Å². The Balaban J connectivity index is 1.58. The summed E-state index contributed by atoms with van der Waals surface area (Å²) in [7, 11) is -1.73. The van der Waals surface area contributed by atoms with Crippen molar-refractivity contribution in [3.63, 3.8) is 0 Å². The van der Waals surface area contributed by atoms with Gasteiger partial charge in [-0.05, 0) is 98.1 Å². The van der Waals surface area contributed by atoms with Crippen molar-refractivity contribution >= 4 is 8.32 Å². The van der Waals surface area contributed by atoms with Gasteiger partial charge in [0.25, 0.3) is 0 Å². The number of fused-ring (bicyclic) bond motifs is 5. The van der Waals surface area contributed by atoms with Gasteiger partial charge >= 0.3 is 0 Å². The molecular formula is C25H44O2Si. The van der Waals surface area contributed by atoms with E-state index in [4.69, 9.17) is 4.43 Å². The van der Waals surface area contributed by atoms with Crippen molar-refractivity contribution < 1.29 is 9.53 Å². The zero-order chi connectivity index (χ0) is 20.5. The lowest BCUT2D eigenvalue weighted by molar-refractivity contribution is -0.0729. The van der Waals surface area contributed by atoms with E-state index in [0.717, 1.165) is 37.0 Å². The molecule has 3 fully saturated rings. The molecule has 0 aromatic rings. The van der Waals surface area contributed by atoms with Gasteiger partial charge in [-0.1, -0.05) is 46.3 Å². The summed E-state index contributed by atoms with van der Waals surface area (Å²) in [6.07, 6.45) is 12.6. The van der Waals surface area contributed by atoms with Crippen molar-refractivity contribution in [1.29, 1.82) is 0 Å². The number of aliphatic hydroxyl groups is 1. The molecule has 0 bridgehead atoms. The van der Waals surface area contributed by atoms with Crippen LogP contribution in [-0.4, -0.2) is 25.6 Å². The van der Waals surface area contributed by atoms with Gasteiger partial charge in [-0.15, -0.1) is 0 Å². The SMILES string of the molecule is CC(C)(C)[Si](C)(C)OC1CC[C@H]2[C@@H]3CC=C4CCC(O)C[C@]4(C)[C@@H]3CC[C@]12C. The summed E-state index contributed by atoms with van der Waals surface area (Å²) in [6.45, 7) is 17.0. The van der Waals surface area contributed by atoms with Crippen molar-refractivity contribution in [1.82, 2.24) is 0 Å². The largest absolute Gasteiger partial charge is 0.413 e. The van der Waals surface area contributed by atoms with E-state index in [2.05, 4.69) is 53.8 Å². The molecule has 160 valence electrons. The van der Waals surface area contributed by atoms with Crippen molar-refractivity contribution in [2.24, 2.45) is 28.6 Å². The molecule has 0 spiro atoms. The summed E-state index contributed by atoms with van der Waals surface area (Å²) < 4.78 is 7.05. The molecule has 4 aliphatic rings. The molecular weight excluding hydrogens is 360 g/mol. The summed E-state index contributed by atoms with van der Waals surface area (Å²) in [6, 6.07) is 0. The third-order valence-electron chi connectivity index (χ3n) is 10.2. The van der Waals surface area contributed by atoms with Crippen molar-refractivity contribution in [3.05, 3.63) is 11.6 Å². The first-order valence-corrected chi connectivity index (χ1v) is 14.8. The number of hydrogen-bond acceptors (Lipinski definition) is 2. The Morgan fingerprint density at radius 1 is 1.07 bits per heavy atom. The van der Waals surface area contributed by atoms with Crippen LogP contribution in [-0.2, 0) is 4.43 Å². The van der Waals surface area contributed by atoms with E-state index in [1.165, 1.54) is 32.1 Å². The van der Waals surface area contributed by atoms with E-state index < -0.39 is 8.32 Å². The van der Waals surface area contributed by atoms with E-state index in [-0.39, 0.29) is 16.6 Å². The number of hydrogen-bond donors (Lipinski definition) is 1. The van der Waals surface area contributed by atoms with Crippen LogP contribution in [0.25, 0.3) is 0 Å². The lowest BCUT2D eigenvalue weighted by Crippen LogP contribution is -2.53. The fourth-order valence-electron chi connectivity index (χ4n) is 7.42. The van der Waals surface area contributed by atoms with Crippen LogP contribution in [0.3, 0.4) is 0 Å². The Morgan fingerprint density at radius 2 is 1.79 bits per heavy atom. The molecule has 0 heterocycles. The lowest BCUT2D eigenvalue weighted by atomic mass is 9.48. The molecule has 0 aromatic carbocycles. The van der Waals surface area contributed by atoms with Crippen LogP contribution in [0.4, 0.5) is 0 Å². The van der Waals surface area contributed by atoms with Gasteiger partial charge in [-0.25, -0.2) is 0 Å². The first-order valence-electron chi connectivity index (χ1n) is 11.9. The molecule has 0 saturated heterocycles. The standard InChI is InChI=1S/C25H44O2Si/c1-23(2,3)28(6,7)27-22-13-12-20-19-11-9-17-8-10-18(26)16-25(17,5)21(19)14-15-24(20,22)4/h9,18-22,26H,8,10-16H2,1-7H3/t18?,19-,20-,21+,22?,24-,25-/m0/s1.